The van der Waals surface area contributed by atoms with E-state index in [1.54, 1.807) is 6.07 Å². The number of carbonyl (C=O) groups is 2. The minimum atomic E-state index is -0.707. The third kappa shape index (κ3) is 3.57. The van der Waals surface area contributed by atoms with Gasteiger partial charge in [-0.15, -0.1) is 11.3 Å². The lowest BCUT2D eigenvalue weighted by molar-refractivity contribution is -0.115. The van der Waals surface area contributed by atoms with Crippen molar-refractivity contribution in [3.63, 3.8) is 0 Å². The molecule has 0 bridgehead atoms. The van der Waals surface area contributed by atoms with Crippen molar-refractivity contribution in [3.8, 4) is 0 Å². The Bertz CT molecular complexity index is 297. The van der Waals surface area contributed by atoms with Crippen molar-refractivity contribution in [1.82, 2.24) is 5.32 Å². The first-order valence-electron chi connectivity index (χ1n) is 3.55. The van der Waals surface area contributed by atoms with E-state index in [1.807, 2.05) is 11.4 Å². The Labute approximate surface area is 78.9 Å². The number of rotatable bonds is 3. The lowest BCUT2D eigenvalue weighted by Gasteiger charge is -2.01. The molecule has 0 fully saturated rings. The number of urea groups is 1. The molecule has 1 aromatic heterocycles. The van der Waals surface area contributed by atoms with Crippen molar-refractivity contribution in [2.75, 3.05) is 11.9 Å². The first kappa shape index (κ1) is 9.53. The molecular weight excluding hydrogens is 190 g/mol. The summed E-state index contributed by atoms with van der Waals surface area (Å²) in [6.07, 6.45) is 0. The van der Waals surface area contributed by atoms with Crippen molar-refractivity contribution in [2.45, 2.75) is 0 Å². The van der Waals surface area contributed by atoms with Crippen molar-refractivity contribution < 1.29 is 9.59 Å². The zero-order valence-electron chi connectivity index (χ0n) is 6.74. The Morgan fingerprint density at radius 1 is 1.54 bits per heavy atom. The molecule has 70 valence electrons. The van der Waals surface area contributed by atoms with Gasteiger partial charge in [0.1, 0.15) is 0 Å². The minimum absolute atomic E-state index is 0.104. The van der Waals surface area contributed by atoms with E-state index in [-0.39, 0.29) is 12.5 Å². The molecular formula is C7H9N3O2S. The van der Waals surface area contributed by atoms with Crippen molar-refractivity contribution in [3.05, 3.63) is 17.5 Å². The molecule has 0 saturated heterocycles. The number of hydrogen-bond acceptors (Lipinski definition) is 3. The van der Waals surface area contributed by atoms with Crippen LogP contribution in [0.5, 0.6) is 0 Å². The fourth-order valence-corrected chi connectivity index (χ4v) is 1.33. The highest BCUT2D eigenvalue weighted by atomic mass is 32.1. The minimum Gasteiger partial charge on any atom is -0.352 e. The first-order valence-corrected chi connectivity index (χ1v) is 4.43. The SMILES string of the molecule is NC(=O)NCC(=O)Nc1cccs1. The predicted molar refractivity (Wildman–Crippen MR) is 50.5 cm³/mol. The van der Waals surface area contributed by atoms with Crippen molar-refractivity contribution in [2.24, 2.45) is 5.73 Å². The average Bonchev–Trinajstić information content (AvgIpc) is 2.53. The van der Waals surface area contributed by atoms with E-state index in [9.17, 15) is 9.59 Å². The second kappa shape index (κ2) is 4.46. The van der Waals surface area contributed by atoms with Crippen LogP contribution in [0, 0.1) is 0 Å². The number of amides is 3. The van der Waals surface area contributed by atoms with E-state index in [0.29, 0.717) is 0 Å². The number of hydrogen-bond donors (Lipinski definition) is 3. The molecule has 0 aliphatic carbocycles. The van der Waals surface area contributed by atoms with Gasteiger partial charge in [-0.2, -0.15) is 0 Å². The van der Waals surface area contributed by atoms with Crippen LogP contribution in [0.4, 0.5) is 9.80 Å². The maximum atomic E-state index is 11.0. The van der Waals surface area contributed by atoms with Crippen LogP contribution in [0.2, 0.25) is 0 Å². The van der Waals surface area contributed by atoms with Gasteiger partial charge in [-0.3, -0.25) is 4.79 Å². The van der Waals surface area contributed by atoms with Crippen LogP contribution < -0.4 is 16.4 Å². The molecule has 1 heterocycles. The van der Waals surface area contributed by atoms with E-state index in [4.69, 9.17) is 5.73 Å². The zero-order chi connectivity index (χ0) is 9.68. The van der Waals surface area contributed by atoms with Crippen molar-refractivity contribution >= 4 is 28.3 Å². The Hall–Kier alpha value is -1.56. The summed E-state index contributed by atoms with van der Waals surface area (Å²) in [5, 5.41) is 7.37. The van der Waals surface area contributed by atoms with Crippen molar-refractivity contribution in [1.29, 1.82) is 0 Å². The van der Waals surface area contributed by atoms with E-state index in [1.165, 1.54) is 11.3 Å². The van der Waals surface area contributed by atoms with Gasteiger partial charge < -0.3 is 16.4 Å². The normalized spacial score (nSPS) is 9.23. The molecule has 0 aliphatic rings. The second-order valence-electron chi connectivity index (χ2n) is 2.24. The monoisotopic (exact) mass is 199 g/mol. The molecule has 0 aliphatic heterocycles. The number of primary amides is 1. The van der Waals surface area contributed by atoms with Crippen LogP contribution in [0.25, 0.3) is 0 Å². The highest BCUT2D eigenvalue weighted by Gasteiger charge is 2.02. The topological polar surface area (TPSA) is 84.2 Å². The third-order valence-electron chi connectivity index (χ3n) is 1.21. The Kier molecular flexibility index (Phi) is 3.27. The summed E-state index contributed by atoms with van der Waals surface area (Å²) in [4.78, 5) is 21.3. The van der Waals surface area contributed by atoms with Gasteiger partial charge in [0.05, 0.1) is 11.5 Å². The fourth-order valence-electron chi connectivity index (χ4n) is 0.699. The molecule has 0 aromatic carbocycles. The molecule has 5 nitrogen and oxygen atoms in total. The molecule has 0 saturated carbocycles. The van der Waals surface area contributed by atoms with Gasteiger partial charge in [0.15, 0.2) is 0 Å². The summed E-state index contributed by atoms with van der Waals surface area (Å²) in [5.74, 6) is -0.291. The maximum absolute atomic E-state index is 11.0. The van der Waals surface area contributed by atoms with Gasteiger partial charge in [-0.25, -0.2) is 4.79 Å². The maximum Gasteiger partial charge on any atom is 0.312 e. The summed E-state index contributed by atoms with van der Waals surface area (Å²) in [7, 11) is 0. The molecule has 0 unspecified atom stereocenters. The lowest BCUT2D eigenvalue weighted by atomic mass is 10.5. The fraction of sp³-hybridized carbons (Fsp3) is 0.143. The number of thiophene rings is 1. The summed E-state index contributed by atoms with van der Waals surface area (Å²) >= 11 is 1.41. The smallest absolute Gasteiger partial charge is 0.312 e. The highest BCUT2D eigenvalue weighted by Crippen LogP contribution is 2.14. The quantitative estimate of drug-likeness (QED) is 0.656. The summed E-state index contributed by atoms with van der Waals surface area (Å²) in [6.45, 7) is -0.104. The standard InChI is InChI=1S/C7H9N3O2S/c8-7(12)9-4-5(11)10-6-2-1-3-13-6/h1-3H,4H2,(H,10,11)(H3,8,9,12). The van der Waals surface area contributed by atoms with Gasteiger partial charge in [0, 0.05) is 0 Å². The van der Waals surface area contributed by atoms with Gasteiger partial charge in [-0.05, 0) is 17.5 Å². The van der Waals surface area contributed by atoms with Crippen LogP contribution in [0.1, 0.15) is 0 Å². The number of anilines is 1. The second-order valence-corrected chi connectivity index (χ2v) is 3.19. The molecule has 1 rings (SSSR count). The molecule has 6 heteroatoms. The van der Waals surface area contributed by atoms with E-state index in [0.717, 1.165) is 5.00 Å². The first-order chi connectivity index (χ1) is 6.18. The third-order valence-corrected chi connectivity index (χ3v) is 1.99. The predicted octanol–water partition coefficient (Wildman–Crippen LogP) is 0.355. The number of nitrogens with two attached hydrogens (primary N) is 1. The van der Waals surface area contributed by atoms with Gasteiger partial charge in [0.2, 0.25) is 5.91 Å². The highest BCUT2D eigenvalue weighted by molar-refractivity contribution is 7.14. The molecule has 0 atom stereocenters. The summed E-state index contributed by atoms with van der Waals surface area (Å²) < 4.78 is 0. The van der Waals surface area contributed by atoms with Crippen LogP contribution in [-0.2, 0) is 4.79 Å². The lowest BCUT2D eigenvalue weighted by Crippen LogP contribution is -2.36. The Morgan fingerprint density at radius 2 is 2.31 bits per heavy atom. The molecule has 0 radical (unpaired) electrons. The van der Waals surface area contributed by atoms with Gasteiger partial charge >= 0.3 is 6.03 Å². The van der Waals surface area contributed by atoms with Crippen LogP contribution >= 0.6 is 11.3 Å². The Balaban J connectivity index is 2.30. The number of nitrogens with one attached hydrogen (secondary N) is 2. The Morgan fingerprint density at radius 3 is 2.85 bits per heavy atom. The molecule has 1 aromatic rings. The average molecular weight is 199 g/mol. The molecule has 0 spiro atoms. The molecule has 3 amide bonds. The van der Waals surface area contributed by atoms with E-state index >= 15 is 0 Å². The van der Waals surface area contributed by atoms with E-state index in [2.05, 4.69) is 10.6 Å². The van der Waals surface area contributed by atoms with Crippen LogP contribution in [0.3, 0.4) is 0 Å². The summed E-state index contributed by atoms with van der Waals surface area (Å²) in [5.41, 5.74) is 4.79. The zero-order valence-corrected chi connectivity index (χ0v) is 7.56. The van der Waals surface area contributed by atoms with Crippen LogP contribution in [0.15, 0.2) is 17.5 Å². The molecule has 4 N–H and O–H groups in total. The van der Waals surface area contributed by atoms with Gasteiger partial charge in [0.25, 0.3) is 0 Å². The van der Waals surface area contributed by atoms with Gasteiger partial charge in [-0.1, -0.05) is 0 Å². The molecule has 13 heavy (non-hydrogen) atoms. The largest absolute Gasteiger partial charge is 0.352 e. The van der Waals surface area contributed by atoms with Crippen LogP contribution in [-0.4, -0.2) is 18.5 Å². The van der Waals surface area contributed by atoms with E-state index < -0.39 is 6.03 Å². The number of carbonyl (C=O) groups excluding carboxylic acids is 2. The summed E-state index contributed by atoms with van der Waals surface area (Å²) in [6, 6.07) is 2.88.